The molecule has 4 heteroatoms. The monoisotopic (exact) mass is 297 g/mol. The zero-order chi connectivity index (χ0) is 12.4. The molecule has 0 aliphatic heterocycles. The zero-order valence-electron chi connectivity index (χ0n) is 9.33. The van der Waals surface area contributed by atoms with Gasteiger partial charge < -0.3 is 4.90 Å². The quantitative estimate of drug-likeness (QED) is 0.780. The van der Waals surface area contributed by atoms with Crippen LogP contribution < -0.4 is 0 Å². The van der Waals surface area contributed by atoms with Gasteiger partial charge in [0.2, 0.25) is 0 Å². The van der Waals surface area contributed by atoms with E-state index in [1.807, 2.05) is 0 Å². The maximum Gasteiger partial charge on any atom is 0.257 e. The number of amides is 1. The average Bonchev–Trinajstić information content (AvgIpc) is 3.12. The molecule has 17 heavy (non-hydrogen) atoms. The van der Waals surface area contributed by atoms with Gasteiger partial charge in [0, 0.05) is 17.1 Å². The molecule has 0 atom stereocenters. The molecule has 1 fully saturated rings. The fourth-order valence-corrected chi connectivity index (χ4v) is 2.10. The highest BCUT2D eigenvalue weighted by Gasteiger charge is 2.33. The molecule has 0 radical (unpaired) electrons. The third kappa shape index (κ3) is 2.75. The van der Waals surface area contributed by atoms with Crippen molar-refractivity contribution >= 4 is 21.8 Å². The van der Waals surface area contributed by atoms with Crippen molar-refractivity contribution in [2.75, 3.05) is 6.54 Å². The summed E-state index contributed by atoms with van der Waals surface area (Å²) in [5.41, 5.74) is 0.119. The zero-order valence-corrected chi connectivity index (χ0v) is 10.9. The molecule has 0 spiro atoms. The molecule has 1 aromatic rings. The second-order valence-corrected chi connectivity index (χ2v) is 5.02. The Morgan fingerprint density at radius 3 is 2.88 bits per heavy atom. The predicted octanol–water partition coefficient (Wildman–Crippen LogP) is 3.38. The molecule has 0 heterocycles. The molecule has 1 saturated carbocycles. The van der Waals surface area contributed by atoms with Crippen LogP contribution in [-0.4, -0.2) is 23.4 Å². The van der Waals surface area contributed by atoms with Gasteiger partial charge in [0.05, 0.1) is 5.56 Å². The third-order valence-electron chi connectivity index (χ3n) is 2.73. The van der Waals surface area contributed by atoms with Crippen LogP contribution >= 0.6 is 15.9 Å². The van der Waals surface area contributed by atoms with Gasteiger partial charge in [0.15, 0.2) is 0 Å². The molecule has 0 N–H and O–H groups in total. The normalized spacial score (nSPS) is 14.5. The lowest BCUT2D eigenvalue weighted by Crippen LogP contribution is -2.33. The van der Waals surface area contributed by atoms with Crippen molar-refractivity contribution in [3.8, 4) is 0 Å². The second-order valence-electron chi connectivity index (χ2n) is 4.10. The number of carbonyl (C=O) groups is 1. The summed E-state index contributed by atoms with van der Waals surface area (Å²) in [7, 11) is 0. The molecule has 0 aromatic heterocycles. The smallest absolute Gasteiger partial charge is 0.257 e. The second kappa shape index (κ2) is 5.00. The van der Waals surface area contributed by atoms with Crippen LogP contribution in [0.2, 0.25) is 0 Å². The maximum absolute atomic E-state index is 13.6. The van der Waals surface area contributed by atoms with Crippen LogP contribution in [0, 0.1) is 5.82 Å². The minimum atomic E-state index is -0.479. The summed E-state index contributed by atoms with van der Waals surface area (Å²) in [6.45, 7) is 4.10. The molecule has 1 aliphatic carbocycles. The maximum atomic E-state index is 13.6. The Balaban J connectivity index is 2.27. The van der Waals surface area contributed by atoms with Gasteiger partial charge in [-0.1, -0.05) is 22.0 Å². The summed E-state index contributed by atoms with van der Waals surface area (Å²) in [6.07, 6.45) is 3.66. The van der Waals surface area contributed by atoms with Crippen LogP contribution in [0.4, 0.5) is 4.39 Å². The minimum absolute atomic E-state index is 0.119. The summed E-state index contributed by atoms with van der Waals surface area (Å²) < 4.78 is 14.3. The van der Waals surface area contributed by atoms with E-state index in [2.05, 4.69) is 22.5 Å². The Kier molecular flexibility index (Phi) is 3.62. The van der Waals surface area contributed by atoms with Crippen molar-refractivity contribution in [2.24, 2.45) is 0 Å². The Morgan fingerprint density at radius 2 is 2.29 bits per heavy atom. The van der Waals surface area contributed by atoms with Crippen molar-refractivity contribution in [1.82, 2.24) is 4.90 Å². The van der Waals surface area contributed by atoms with Gasteiger partial charge >= 0.3 is 0 Å². The van der Waals surface area contributed by atoms with E-state index in [0.717, 1.165) is 12.8 Å². The van der Waals surface area contributed by atoms with E-state index in [1.54, 1.807) is 17.0 Å². The van der Waals surface area contributed by atoms with Gasteiger partial charge in [-0.3, -0.25) is 4.79 Å². The number of hydrogen-bond donors (Lipinski definition) is 0. The topological polar surface area (TPSA) is 20.3 Å². The van der Waals surface area contributed by atoms with Gasteiger partial charge in [0.1, 0.15) is 5.82 Å². The molecule has 0 unspecified atom stereocenters. The first-order valence-electron chi connectivity index (χ1n) is 5.50. The highest BCUT2D eigenvalue weighted by Crippen LogP contribution is 2.29. The van der Waals surface area contributed by atoms with E-state index in [1.165, 1.54) is 12.1 Å². The minimum Gasteiger partial charge on any atom is -0.332 e. The molecular weight excluding hydrogens is 285 g/mol. The van der Waals surface area contributed by atoms with E-state index in [0.29, 0.717) is 11.0 Å². The van der Waals surface area contributed by atoms with E-state index in [4.69, 9.17) is 0 Å². The third-order valence-corrected chi connectivity index (χ3v) is 3.23. The summed E-state index contributed by atoms with van der Waals surface area (Å²) in [5.74, 6) is -0.737. The fraction of sp³-hybridized carbons (Fsp3) is 0.308. The van der Waals surface area contributed by atoms with Gasteiger partial charge in [-0.25, -0.2) is 4.39 Å². The Morgan fingerprint density at radius 1 is 1.59 bits per heavy atom. The predicted molar refractivity (Wildman–Crippen MR) is 68.4 cm³/mol. The van der Waals surface area contributed by atoms with Crippen molar-refractivity contribution in [3.05, 3.63) is 46.7 Å². The van der Waals surface area contributed by atoms with Crippen LogP contribution in [-0.2, 0) is 0 Å². The first kappa shape index (κ1) is 12.3. The summed E-state index contributed by atoms with van der Waals surface area (Å²) in [6, 6.07) is 4.66. The molecular formula is C13H13BrFNO. The Hall–Kier alpha value is -1.16. The number of halogens is 2. The number of carbonyl (C=O) groups excluding carboxylic acids is 1. The first-order valence-corrected chi connectivity index (χ1v) is 6.29. The lowest BCUT2D eigenvalue weighted by molar-refractivity contribution is 0.0758. The van der Waals surface area contributed by atoms with Crippen molar-refractivity contribution < 1.29 is 9.18 Å². The average molecular weight is 298 g/mol. The molecule has 0 saturated heterocycles. The largest absolute Gasteiger partial charge is 0.332 e. The van der Waals surface area contributed by atoms with E-state index in [9.17, 15) is 9.18 Å². The lowest BCUT2D eigenvalue weighted by Gasteiger charge is -2.21. The number of hydrogen-bond acceptors (Lipinski definition) is 1. The van der Waals surface area contributed by atoms with Gasteiger partial charge in [-0.15, -0.1) is 6.58 Å². The summed E-state index contributed by atoms with van der Waals surface area (Å²) >= 11 is 3.25. The fourth-order valence-electron chi connectivity index (χ4n) is 1.74. The van der Waals surface area contributed by atoms with Crippen LogP contribution in [0.25, 0.3) is 0 Å². The standard InChI is InChI=1S/C13H13BrFNO/c1-2-7-16(10-4-5-10)13(17)11-8-9(14)3-6-12(11)15/h2-3,6,8,10H,1,4-5,7H2. The van der Waals surface area contributed by atoms with Crippen LogP contribution in [0.1, 0.15) is 23.2 Å². The number of nitrogens with zero attached hydrogens (tertiary/aromatic N) is 1. The Labute approximate surface area is 108 Å². The van der Waals surface area contributed by atoms with E-state index >= 15 is 0 Å². The van der Waals surface area contributed by atoms with Crippen molar-refractivity contribution in [3.63, 3.8) is 0 Å². The van der Waals surface area contributed by atoms with Crippen molar-refractivity contribution in [1.29, 1.82) is 0 Å². The summed E-state index contributed by atoms with van der Waals surface area (Å²) in [4.78, 5) is 13.9. The van der Waals surface area contributed by atoms with Crippen molar-refractivity contribution in [2.45, 2.75) is 18.9 Å². The highest BCUT2D eigenvalue weighted by atomic mass is 79.9. The van der Waals surface area contributed by atoms with Crippen LogP contribution in [0.5, 0.6) is 0 Å². The lowest BCUT2D eigenvalue weighted by atomic mass is 10.2. The summed E-state index contributed by atoms with van der Waals surface area (Å²) in [5, 5.41) is 0. The van der Waals surface area contributed by atoms with Gasteiger partial charge in [-0.2, -0.15) is 0 Å². The SMILES string of the molecule is C=CCN(C(=O)c1cc(Br)ccc1F)C1CC1. The van der Waals surface area contributed by atoms with Gasteiger partial charge in [-0.05, 0) is 31.0 Å². The molecule has 1 aromatic carbocycles. The molecule has 2 rings (SSSR count). The molecule has 90 valence electrons. The van der Waals surface area contributed by atoms with Crippen LogP contribution in [0.3, 0.4) is 0 Å². The van der Waals surface area contributed by atoms with Crippen LogP contribution in [0.15, 0.2) is 35.3 Å². The Bertz CT molecular complexity index is 457. The van der Waals surface area contributed by atoms with E-state index in [-0.39, 0.29) is 17.5 Å². The molecule has 1 aliphatic rings. The van der Waals surface area contributed by atoms with E-state index < -0.39 is 5.82 Å². The highest BCUT2D eigenvalue weighted by molar-refractivity contribution is 9.10. The molecule has 2 nitrogen and oxygen atoms in total. The number of benzene rings is 1. The van der Waals surface area contributed by atoms with Gasteiger partial charge in [0.25, 0.3) is 5.91 Å². The first-order chi connectivity index (χ1) is 8.13. The molecule has 1 amide bonds. The molecule has 0 bridgehead atoms. The number of rotatable bonds is 4.